The number of rotatable bonds is 6. The van der Waals surface area contributed by atoms with Gasteiger partial charge in [0.25, 0.3) is 5.69 Å². The number of nitro groups is 1. The van der Waals surface area contributed by atoms with Gasteiger partial charge < -0.3 is 4.57 Å². The van der Waals surface area contributed by atoms with Crippen molar-refractivity contribution in [2.24, 2.45) is 7.05 Å². The highest BCUT2D eigenvalue weighted by Crippen LogP contribution is 2.16. The molecule has 0 aliphatic rings. The number of hydrogen-bond donors (Lipinski definition) is 2. The van der Waals surface area contributed by atoms with Crippen LogP contribution in [0.3, 0.4) is 0 Å². The number of nitrogens with one attached hydrogen (secondary N) is 2. The first-order chi connectivity index (χ1) is 10.5. The van der Waals surface area contributed by atoms with Crippen LogP contribution in [0, 0.1) is 10.1 Å². The number of benzene rings is 1. The fourth-order valence-electron chi connectivity index (χ4n) is 1.91. The number of non-ortho nitro benzene ring substituents is 1. The summed E-state index contributed by atoms with van der Waals surface area (Å²) in [4.78, 5) is 22.1. The quantitative estimate of drug-likeness (QED) is 0.628. The maximum atomic E-state index is 11.8. The molecule has 0 radical (unpaired) electrons. The number of nitrogens with zero attached hydrogens (tertiary/aromatic N) is 2. The Morgan fingerprint density at radius 2 is 2.09 bits per heavy atom. The molecule has 0 saturated heterocycles. The first-order valence-electron chi connectivity index (χ1n) is 6.56. The van der Waals surface area contributed by atoms with Crippen LogP contribution in [-0.2, 0) is 18.3 Å². The van der Waals surface area contributed by atoms with Crippen LogP contribution in [0.25, 0.3) is 5.70 Å². The normalized spacial score (nSPS) is 10.0. The standard InChI is InChI=1S/C15H16N4O3/c1-11(12-5-3-6-14(9-12)19(21)22)16-17-15(20)10-13-7-4-8-18(13)2/h3-9,16H,1,10H2,2H3,(H,17,20). The second kappa shape index (κ2) is 6.57. The van der Waals surface area contributed by atoms with Crippen LogP contribution in [0.2, 0.25) is 0 Å². The van der Waals surface area contributed by atoms with Crippen LogP contribution in [-0.4, -0.2) is 15.4 Å². The second-order valence-corrected chi connectivity index (χ2v) is 4.75. The molecule has 0 unspecified atom stereocenters. The highest BCUT2D eigenvalue weighted by Gasteiger charge is 2.09. The molecule has 22 heavy (non-hydrogen) atoms. The molecule has 1 heterocycles. The van der Waals surface area contributed by atoms with Gasteiger partial charge in [-0.2, -0.15) is 0 Å². The Hall–Kier alpha value is -3.09. The van der Waals surface area contributed by atoms with E-state index >= 15 is 0 Å². The molecule has 2 N–H and O–H groups in total. The first-order valence-corrected chi connectivity index (χ1v) is 6.56. The maximum Gasteiger partial charge on any atom is 0.270 e. The van der Waals surface area contributed by atoms with Gasteiger partial charge in [0.05, 0.1) is 17.0 Å². The lowest BCUT2D eigenvalue weighted by Crippen LogP contribution is -2.37. The van der Waals surface area contributed by atoms with E-state index < -0.39 is 4.92 Å². The number of aromatic nitrogens is 1. The minimum atomic E-state index is -0.481. The Kier molecular flexibility index (Phi) is 4.57. The average Bonchev–Trinajstić information content (AvgIpc) is 2.90. The van der Waals surface area contributed by atoms with E-state index in [2.05, 4.69) is 17.4 Å². The largest absolute Gasteiger partial charge is 0.354 e. The smallest absolute Gasteiger partial charge is 0.270 e. The summed E-state index contributed by atoms with van der Waals surface area (Å²) in [6.07, 6.45) is 2.08. The minimum absolute atomic E-state index is 0.0319. The lowest BCUT2D eigenvalue weighted by atomic mass is 10.1. The molecular formula is C15H16N4O3. The Labute approximate surface area is 127 Å². The number of carbonyl (C=O) groups is 1. The van der Waals surface area contributed by atoms with E-state index in [4.69, 9.17) is 0 Å². The summed E-state index contributed by atoms with van der Waals surface area (Å²) in [5.41, 5.74) is 6.95. The number of amides is 1. The van der Waals surface area contributed by atoms with Crippen molar-refractivity contribution in [2.75, 3.05) is 0 Å². The van der Waals surface area contributed by atoms with Gasteiger partial charge in [0, 0.05) is 36.6 Å². The van der Waals surface area contributed by atoms with Crippen LogP contribution in [0.5, 0.6) is 0 Å². The van der Waals surface area contributed by atoms with E-state index in [1.165, 1.54) is 12.1 Å². The summed E-state index contributed by atoms with van der Waals surface area (Å²) in [7, 11) is 1.86. The predicted octanol–water partition coefficient (Wildman–Crippen LogP) is 1.77. The number of carbonyl (C=O) groups excluding carboxylic acids is 1. The molecule has 0 atom stereocenters. The van der Waals surface area contributed by atoms with Crippen molar-refractivity contribution >= 4 is 17.3 Å². The fraction of sp³-hybridized carbons (Fsp3) is 0.133. The zero-order valence-electron chi connectivity index (χ0n) is 12.1. The van der Waals surface area contributed by atoms with E-state index in [9.17, 15) is 14.9 Å². The van der Waals surface area contributed by atoms with Crippen molar-refractivity contribution < 1.29 is 9.72 Å². The Balaban J connectivity index is 1.92. The molecule has 2 aromatic rings. The van der Waals surface area contributed by atoms with Crippen LogP contribution < -0.4 is 10.9 Å². The monoisotopic (exact) mass is 300 g/mol. The van der Waals surface area contributed by atoms with Crippen LogP contribution in [0.15, 0.2) is 49.2 Å². The van der Waals surface area contributed by atoms with E-state index in [1.807, 2.05) is 29.9 Å². The molecule has 2 rings (SSSR count). The Morgan fingerprint density at radius 3 is 2.73 bits per heavy atom. The SMILES string of the molecule is C=C(NNC(=O)Cc1cccn1C)c1cccc([N+](=O)[O-])c1. The van der Waals surface area contributed by atoms with Crippen LogP contribution in [0.1, 0.15) is 11.3 Å². The Bertz CT molecular complexity index is 721. The number of hydrogen-bond acceptors (Lipinski definition) is 4. The van der Waals surface area contributed by atoms with Crippen LogP contribution >= 0.6 is 0 Å². The van der Waals surface area contributed by atoms with Gasteiger partial charge in [-0.05, 0) is 12.1 Å². The summed E-state index contributed by atoms with van der Waals surface area (Å²) in [5, 5.41) is 10.7. The van der Waals surface area contributed by atoms with Crippen molar-refractivity contribution in [2.45, 2.75) is 6.42 Å². The maximum absolute atomic E-state index is 11.8. The molecule has 7 nitrogen and oxygen atoms in total. The summed E-state index contributed by atoms with van der Waals surface area (Å²) in [6, 6.07) is 9.73. The fourth-order valence-corrected chi connectivity index (χ4v) is 1.91. The molecule has 1 aromatic carbocycles. The second-order valence-electron chi connectivity index (χ2n) is 4.75. The molecule has 0 fully saturated rings. The third-order valence-electron chi connectivity index (χ3n) is 3.15. The summed E-state index contributed by atoms with van der Waals surface area (Å²) < 4.78 is 1.86. The number of nitro benzene ring substituents is 1. The lowest BCUT2D eigenvalue weighted by Gasteiger charge is -2.11. The van der Waals surface area contributed by atoms with E-state index in [0.29, 0.717) is 11.3 Å². The highest BCUT2D eigenvalue weighted by molar-refractivity contribution is 5.79. The highest BCUT2D eigenvalue weighted by atomic mass is 16.6. The Morgan fingerprint density at radius 1 is 1.32 bits per heavy atom. The molecule has 7 heteroatoms. The van der Waals surface area contributed by atoms with Crippen molar-refractivity contribution in [3.63, 3.8) is 0 Å². The molecule has 114 valence electrons. The molecule has 0 bridgehead atoms. The first kappa shape index (κ1) is 15.3. The number of hydrazine groups is 1. The van der Waals surface area contributed by atoms with Crippen molar-refractivity contribution in [1.82, 2.24) is 15.4 Å². The third kappa shape index (κ3) is 3.72. The molecular weight excluding hydrogens is 284 g/mol. The third-order valence-corrected chi connectivity index (χ3v) is 3.15. The van der Waals surface area contributed by atoms with E-state index in [1.54, 1.807) is 12.1 Å². The van der Waals surface area contributed by atoms with Crippen molar-refractivity contribution in [1.29, 1.82) is 0 Å². The van der Waals surface area contributed by atoms with Crippen LogP contribution in [0.4, 0.5) is 5.69 Å². The average molecular weight is 300 g/mol. The van der Waals surface area contributed by atoms with Gasteiger partial charge >= 0.3 is 0 Å². The molecule has 1 aromatic heterocycles. The van der Waals surface area contributed by atoms with E-state index in [-0.39, 0.29) is 18.0 Å². The van der Waals surface area contributed by atoms with Gasteiger partial charge in [-0.3, -0.25) is 25.8 Å². The topological polar surface area (TPSA) is 89.2 Å². The predicted molar refractivity (Wildman–Crippen MR) is 82.5 cm³/mol. The summed E-state index contributed by atoms with van der Waals surface area (Å²) in [6.45, 7) is 3.76. The van der Waals surface area contributed by atoms with Crippen molar-refractivity contribution in [3.8, 4) is 0 Å². The van der Waals surface area contributed by atoms with Crippen molar-refractivity contribution in [3.05, 3.63) is 70.5 Å². The summed E-state index contributed by atoms with van der Waals surface area (Å²) >= 11 is 0. The van der Waals surface area contributed by atoms with E-state index in [0.717, 1.165) is 5.69 Å². The van der Waals surface area contributed by atoms with Gasteiger partial charge in [-0.15, -0.1) is 0 Å². The minimum Gasteiger partial charge on any atom is -0.354 e. The zero-order valence-corrected chi connectivity index (χ0v) is 12.1. The molecule has 0 spiro atoms. The molecule has 0 aliphatic heterocycles. The molecule has 1 amide bonds. The zero-order chi connectivity index (χ0) is 16.1. The van der Waals surface area contributed by atoms with Gasteiger partial charge in [-0.25, -0.2) is 0 Å². The van der Waals surface area contributed by atoms with Gasteiger partial charge in [0.2, 0.25) is 5.91 Å². The number of aryl methyl sites for hydroxylation is 1. The van der Waals surface area contributed by atoms with Gasteiger partial charge in [0.1, 0.15) is 0 Å². The van der Waals surface area contributed by atoms with Gasteiger partial charge in [-0.1, -0.05) is 18.7 Å². The lowest BCUT2D eigenvalue weighted by molar-refractivity contribution is -0.384. The summed E-state index contributed by atoms with van der Waals surface area (Å²) in [5.74, 6) is -0.228. The van der Waals surface area contributed by atoms with Gasteiger partial charge in [0.15, 0.2) is 0 Å². The molecule has 0 saturated carbocycles. The molecule has 0 aliphatic carbocycles.